The van der Waals surface area contributed by atoms with E-state index in [9.17, 15) is 4.79 Å². The number of rotatable bonds is 5. The second kappa shape index (κ2) is 8.37. The van der Waals surface area contributed by atoms with Crippen LogP contribution in [-0.4, -0.2) is 24.7 Å². The lowest BCUT2D eigenvalue weighted by molar-refractivity contribution is -0.126. The van der Waals surface area contributed by atoms with Crippen LogP contribution in [0.3, 0.4) is 0 Å². The van der Waals surface area contributed by atoms with Gasteiger partial charge in [-0.25, -0.2) is 0 Å². The Labute approximate surface area is 132 Å². The molecule has 21 heavy (non-hydrogen) atoms. The van der Waals surface area contributed by atoms with E-state index < -0.39 is 0 Å². The van der Waals surface area contributed by atoms with Gasteiger partial charge in [-0.15, -0.1) is 12.4 Å². The second-order valence-corrected chi connectivity index (χ2v) is 5.57. The maximum absolute atomic E-state index is 12.3. The molecule has 4 atom stereocenters. The summed E-state index contributed by atoms with van der Waals surface area (Å²) < 4.78 is 5.59. The molecule has 1 saturated heterocycles. The van der Waals surface area contributed by atoms with Gasteiger partial charge < -0.3 is 15.8 Å². The zero-order valence-electron chi connectivity index (χ0n) is 12.6. The Morgan fingerprint density at radius 1 is 1.33 bits per heavy atom. The average Bonchev–Trinajstić information content (AvgIpc) is 3.01. The number of nitrogens with one attached hydrogen (secondary N) is 1. The average molecular weight is 313 g/mol. The van der Waals surface area contributed by atoms with Crippen molar-refractivity contribution in [1.82, 2.24) is 5.32 Å². The monoisotopic (exact) mass is 312 g/mol. The smallest absolute Gasteiger partial charge is 0.225 e. The van der Waals surface area contributed by atoms with Crippen LogP contribution in [-0.2, 0) is 9.53 Å². The van der Waals surface area contributed by atoms with Crippen LogP contribution in [0.15, 0.2) is 30.3 Å². The topological polar surface area (TPSA) is 64.4 Å². The molecule has 1 aliphatic rings. The second-order valence-electron chi connectivity index (χ2n) is 5.57. The third kappa shape index (κ3) is 4.70. The molecule has 3 N–H and O–H groups in total. The molecule has 1 aliphatic heterocycles. The van der Waals surface area contributed by atoms with Crippen LogP contribution in [0.5, 0.6) is 0 Å². The summed E-state index contributed by atoms with van der Waals surface area (Å²) in [6, 6.07) is 9.49. The predicted octanol–water partition coefficient (Wildman–Crippen LogP) is 2.43. The van der Waals surface area contributed by atoms with Gasteiger partial charge in [-0.1, -0.05) is 37.3 Å². The van der Waals surface area contributed by atoms with Gasteiger partial charge in [0.2, 0.25) is 5.91 Å². The highest BCUT2D eigenvalue weighted by molar-refractivity contribution is 5.85. The van der Waals surface area contributed by atoms with Crippen LogP contribution in [0.1, 0.15) is 38.3 Å². The Bertz CT molecular complexity index is 435. The van der Waals surface area contributed by atoms with Crippen LogP contribution in [0.4, 0.5) is 0 Å². The fraction of sp³-hybridized carbons (Fsp3) is 0.562. The highest BCUT2D eigenvalue weighted by Crippen LogP contribution is 2.20. The molecule has 0 aliphatic carbocycles. The van der Waals surface area contributed by atoms with Crippen molar-refractivity contribution in [2.45, 2.75) is 44.9 Å². The molecule has 1 amide bonds. The van der Waals surface area contributed by atoms with Crippen molar-refractivity contribution in [3.8, 4) is 0 Å². The minimum Gasteiger partial charge on any atom is -0.376 e. The molecular weight excluding hydrogens is 288 g/mol. The summed E-state index contributed by atoms with van der Waals surface area (Å²) >= 11 is 0. The highest BCUT2D eigenvalue weighted by atomic mass is 35.5. The molecule has 0 bridgehead atoms. The SMILES string of the molecule is CC(NC(=O)C(C)C(N)c1ccccc1)C1CCCO1.Cl. The molecule has 1 aromatic carbocycles. The molecule has 1 heterocycles. The molecule has 0 aromatic heterocycles. The first kappa shape index (κ1) is 18.0. The number of amides is 1. The highest BCUT2D eigenvalue weighted by Gasteiger charge is 2.27. The Morgan fingerprint density at radius 2 is 2.00 bits per heavy atom. The first-order valence-corrected chi connectivity index (χ1v) is 7.32. The number of hydrogen-bond donors (Lipinski definition) is 2. The van der Waals surface area contributed by atoms with Gasteiger partial charge in [0.1, 0.15) is 0 Å². The van der Waals surface area contributed by atoms with Crippen LogP contribution in [0.25, 0.3) is 0 Å². The van der Waals surface area contributed by atoms with E-state index in [1.807, 2.05) is 44.2 Å². The molecule has 0 radical (unpaired) electrons. The Balaban J connectivity index is 0.00000220. The standard InChI is InChI=1S/C16H24N2O2.ClH/c1-11(15(17)13-7-4-3-5-8-13)16(19)18-12(2)14-9-6-10-20-14;/h3-5,7-8,11-12,14-15H,6,9-10,17H2,1-2H3,(H,18,19);1H. The Morgan fingerprint density at radius 3 is 2.57 bits per heavy atom. The van der Waals surface area contributed by atoms with Gasteiger partial charge in [-0.3, -0.25) is 4.79 Å². The number of halogens is 1. The van der Waals surface area contributed by atoms with Gasteiger partial charge in [-0.2, -0.15) is 0 Å². The lowest BCUT2D eigenvalue weighted by atomic mass is 9.94. The lowest BCUT2D eigenvalue weighted by Gasteiger charge is -2.25. The summed E-state index contributed by atoms with van der Waals surface area (Å²) in [6.45, 7) is 4.66. The van der Waals surface area contributed by atoms with Crippen molar-refractivity contribution < 1.29 is 9.53 Å². The molecule has 5 heteroatoms. The maximum Gasteiger partial charge on any atom is 0.225 e. The summed E-state index contributed by atoms with van der Waals surface area (Å²) in [5.74, 6) is -0.273. The molecule has 4 nitrogen and oxygen atoms in total. The van der Waals surface area contributed by atoms with E-state index in [0.29, 0.717) is 0 Å². The van der Waals surface area contributed by atoms with Gasteiger partial charge >= 0.3 is 0 Å². The van der Waals surface area contributed by atoms with E-state index in [0.717, 1.165) is 25.0 Å². The first-order valence-electron chi connectivity index (χ1n) is 7.32. The van der Waals surface area contributed by atoms with Crippen LogP contribution in [0.2, 0.25) is 0 Å². The minimum atomic E-state index is -0.284. The molecule has 2 rings (SSSR count). The summed E-state index contributed by atoms with van der Waals surface area (Å²) in [5, 5.41) is 3.03. The Hall–Kier alpha value is -1.10. The Kier molecular flexibility index (Phi) is 7.15. The molecule has 1 aromatic rings. The van der Waals surface area contributed by atoms with E-state index in [4.69, 9.17) is 10.5 Å². The van der Waals surface area contributed by atoms with Crippen molar-refractivity contribution in [3.63, 3.8) is 0 Å². The molecule has 0 saturated carbocycles. The molecule has 0 spiro atoms. The van der Waals surface area contributed by atoms with Gasteiger partial charge in [-0.05, 0) is 25.3 Å². The van der Waals surface area contributed by atoms with Crippen molar-refractivity contribution >= 4 is 18.3 Å². The number of ether oxygens (including phenoxy) is 1. The first-order chi connectivity index (χ1) is 9.59. The molecule has 1 fully saturated rings. The van der Waals surface area contributed by atoms with Crippen LogP contribution < -0.4 is 11.1 Å². The normalized spacial score (nSPS) is 22.0. The third-order valence-corrected chi connectivity index (χ3v) is 4.03. The number of benzene rings is 1. The summed E-state index contributed by atoms with van der Waals surface area (Å²) in [6.07, 6.45) is 2.23. The molecule has 118 valence electrons. The largest absolute Gasteiger partial charge is 0.376 e. The van der Waals surface area contributed by atoms with Crippen LogP contribution in [0, 0.1) is 5.92 Å². The zero-order valence-corrected chi connectivity index (χ0v) is 13.4. The van der Waals surface area contributed by atoms with Crippen molar-refractivity contribution in [2.24, 2.45) is 11.7 Å². The fourth-order valence-corrected chi connectivity index (χ4v) is 2.57. The van der Waals surface area contributed by atoms with E-state index in [2.05, 4.69) is 5.32 Å². The van der Waals surface area contributed by atoms with Crippen LogP contribution >= 0.6 is 12.4 Å². The molecule has 4 unspecified atom stereocenters. The molecular formula is C16H25ClN2O2. The van der Waals surface area contributed by atoms with E-state index in [1.165, 1.54) is 0 Å². The van der Waals surface area contributed by atoms with Gasteiger partial charge in [0, 0.05) is 12.6 Å². The van der Waals surface area contributed by atoms with E-state index >= 15 is 0 Å². The van der Waals surface area contributed by atoms with Gasteiger partial charge in [0.15, 0.2) is 0 Å². The maximum atomic E-state index is 12.3. The number of carbonyl (C=O) groups is 1. The predicted molar refractivity (Wildman–Crippen MR) is 86.4 cm³/mol. The van der Waals surface area contributed by atoms with Crippen molar-refractivity contribution in [1.29, 1.82) is 0 Å². The third-order valence-electron chi connectivity index (χ3n) is 4.03. The van der Waals surface area contributed by atoms with Gasteiger partial charge in [0.05, 0.1) is 18.1 Å². The van der Waals surface area contributed by atoms with E-state index in [-0.39, 0.29) is 42.4 Å². The van der Waals surface area contributed by atoms with Crippen molar-refractivity contribution in [2.75, 3.05) is 6.61 Å². The van der Waals surface area contributed by atoms with Gasteiger partial charge in [0.25, 0.3) is 0 Å². The quantitative estimate of drug-likeness (QED) is 0.877. The number of nitrogens with two attached hydrogens (primary N) is 1. The summed E-state index contributed by atoms with van der Waals surface area (Å²) in [7, 11) is 0. The minimum absolute atomic E-state index is 0. The zero-order chi connectivity index (χ0) is 14.5. The van der Waals surface area contributed by atoms with Crippen molar-refractivity contribution in [3.05, 3.63) is 35.9 Å². The van der Waals surface area contributed by atoms with E-state index in [1.54, 1.807) is 0 Å². The fourth-order valence-electron chi connectivity index (χ4n) is 2.57. The summed E-state index contributed by atoms with van der Waals surface area (Å²) in [4.78, 5) is 12.3. The lowest BCUT2D eigenvalue weighted by Crippen LogP contribution is -2.45. The number of hydrogen-bond acceptors (Lipinski definition) is 3. The number of carbonyl (C=O) groups excluding carboxylic acids is 1. The summed E-state index contributed by atoms with van der Waals surface area (Å²) in [5.41, 5.74) is 7.16.